The molecule has 0 aromatic heterocycles. The van der Waals surface area contributed by atoms with Crippen molar-refractivity contribution in [1.82, 2.24) is 10.0 Å². The molecule has 4 rings (SSSR count). The van der Waals surface area contributed by atoms with Crippen LogP contribution in [-0.2, 0) is 10.0 Å². The minimum absolute atomic E-state index is 0.00463. The highest BCUT2D eigenvalue weighted by atomic mass is 32.2. The van der Waals surface area contributed by atoms with Crippen molar-refractivity contribution >= 4 is 15.9 Å². The summed E-state index contributed by atoms with van der Waals surface area (Å²) < 4.78 is 33.1. The first-order valence-corrected chi connectivity index (χ1v) is 11.4. The first kappa shape index (κ1) is 18.7. The number of benzene rings is 1. The van der Waals surface area contributed by atoms with Crippen LogP contribution in [0.1, 0.15) is 55.8 Å². The van der Waals surface area contributed by atoms with E-state index in [1.54, 1.807) is 12.1 Å². The summed E-state index contributed by atoms with van der Waals surface area (Å²) in [6.07, 6.45) is 6.79. The van der Waals surface area contributed by atoms with Crippen molar-refractivity contribution in [2.45, 2.75) is 62.4 Å². The maximum Gasteiger partial charge on any atom is 0.251 e. The monoisotopic (exact) mass is 392 g/mol. The fourth-order valence-electron chi connectivity index (χ4n) is 4.82. The number of carbonyl (C=O) groups excluding carboxylic acids is 1. The Hall–Kier alpha value is -1.60. The summed E-state index contributed by atoms with van der Waals surface area (Å²) in [7, 11) is -2.27. The summed E-state index contributed by atoms with van der Waals surface area (Å²) in [5.74, 6) is 2.10. The molecule has 27 heavy (non-hydrogen) atoms. The lowest BCUT2D eigenvalue weighted by atomic mass is 9.84. The Bertz CT molecular complexity index is 834. The molecule has 7 heteroatoms. The van der Waals surface area contributed by atoms with Gasteiger partial charge in [0.25, 0.3) is 5.91 Å². The molecule has 6 nitrogen and oxygen atoms in total. The number of hydrogen-bond donors (Lipinski definition) is 2. The largest absolute Gasteiger partial charge is 0.495 e. The highest BCUT2D eigenvalue weighted by molar-refractivity contribution is 7.89. The van der Waals surface area contributed by atoms with E-state index in [2.05, 4.69) is 17.0 Å². The van der Waals surface area contributed by atoms with Gasteiger partial charge < -0.3 is 10.1 Å². The molecule has 0 radical (unpaired) electrons. The second-order valence-corrected chi connectivity index (χ2v) is 10.0. The van der Waals surface area contributed by atoms with E-state index in [-0.39, 0.29) is 28.6 Å². The predicted molar refractivity (Wildman–Crippen MR) is 102 cm³/mol. The summed E-state index contributed by atoms with van der Waals surface area (Å²) in [6, 6.07) is 4.69. The number of sulfonamides is 1. The molecule has 3 fully saturated rings. The second kappa shape index (κ2) is 7.09. The van der Waals surface area contributed by atoms with Gasteiger partial charge in [0, 0.05) is 17.6 Å². The average molecular weight is 393 g/mol. The third kappa shape index (κ3) is 3.85. The minimum atomic E-state index is -3.70. The van der Waals surface area contributed by atoms with Crippen LogP contribution in [0.3, 0.4) is 0 Å². The molecular weight excluding hydrogens is 364 g/mol. The number of rotatable bonds is 7. The van der Waals surface area contributed by atoms with Crippen LogP contribution < -0.4 is 14.8 Å². The van der Waals surface area contributed by atoms with Gasteiger partial charge in [0.1, 0.15) is 10.6 Å². The molecule has 0 spiro atoms. The molecule has 3 aliphatic rings. The molecule has 3 aliphatic carbocycles. The standard InChI is InChI=1S/C20H28N2O4S/c1-12(17-10-13-3-4-14(17)9-13)21-20(23)15-5-8-18(26-2)19(11-15)27(24,25)22-16-6-7-16/h5,8,11-14,16-17,22H,3-4,6-7,9-10H2,1-2H3,(H,21,23). The Balaban J connectivity index is 1.50. The smallest absolute Gasteiger partial charge is 0.251 e. The van der Waals surface area contributed by atoms with Crippen molar-refractivity contribution in [3.8, 4) is 5.75 Å². The maximum absolute atomic E-state index is 12.8. The highest BCUT2D eigenvalue weighted by Crippen LogP contribution is 2.49. The van der Waals surface area contributed by atoms with Gasteiger partial charge in [-0.2, -0.15) is 0 Å². The summed E-state index contributed by atoms with van der Waals surface area (Å²) in [6.45, 7) is 2.07. The van der Waals surface area contributed by atoms with E-state index in [1.807, 2.05) is 0 Å². The third-order valence-electron chi connectivity index (χ3n) is 6.41. The average Bonchev–Trinajstić information content (AvgIpc) is 3.18. The van der Waals surface area contributed by atoms with Crippen LogP contribution in [0.5, 0.6) is 5.75 Å². The molecular formula is C20H28N2O4S. The van der Waals surface area contributed by atoms with Gasteiger partial charge in [0.15, 0.2) is 0 Å². The van der Waals surface area contributed by atoms with E-state index in [9.17, 15) is 13.2 Å². The minimum Gasteiger partial charge on any atom is -0.495 e. The Morgan fingerprint density at radius 3 is 2.56 bits per heavy atom. The number of hydrogen-bond acceptors (Lipinski definition) is 4. The van der Waals surface area contributed by atoms with Gasteiger partial charge in [-0.3, -0.25) is 4.79 Å². The number of nitrogens with one attached hydrogen (secondary N) is 2. The molecule has 2 bridgehead atoms. The lowest BCUT2D eigenvalue weighted by Crippen LogP contribution is -2.40. The number of methoxy groups -OCH3 is 1. The fraction of sp³-hybridized carbons (Fsp3) is 0.650. The fourth-order valence-corrected chi connectivity index (χ4v) is 6.32. The Kier molecular flexibility index (Phi) is 4.93. The molecule has 1 aromatic rings. The zero-order valence-electron chi connectivity index (χ0n) is 15.9. The van der Waals surface area contributed by atoms with Crippen molar-refractivity contribution in [2.24, 2.45) is 17.8 Å². The van der Waals surface area contributed by atoms with E-state index in [0.717, 1.165) is 24.7 Å². The number of ether oxygens (including phenoxy) is 1. The van der Waals surface area contributed by atoms with Gasteiger partial charge >= 0.3 is 0 Å². The topological polar surface area (TPSA) is 84.5 Å². The molecule has 0 aliphatic heterocycles. The molecule has 3 saturated carbocycles. The first-order valence-electron chi connectivity index (χ1n) is 9.88. The van der Waals surface area contributed by atoms with Crippen molar-refractivity contribution in [3.05, 3.63) is 23.8 Å². The second-order valence-electron chi connectivity index (χ2n) is 8.36. The van der Waals surface area contributed by atoms with Crippen molar-refractivity contribution < 1.29 is 17.9 Å². The van der Waals surface area contributed by atoms with E-state index in [0.29, 0.717) is 11.5 Å². The zero-order valence-corrected chi connectivity index (χ0v) is 16.7. The van der Waals surface area contributed by atoms with Crippen LogP contribution in [0.2, 0.25) is 0 Å². The molecule has 4 atom stereocenters. The van der Waals surface area contributed by atoms with Gasteiger partial charge in [-0.05, 0) is 75.0 Å². The van der Waals surface area contributed by atoms with Gasteiger partial charge in [0.05, 0.1) is 7.11 Å². The molecule has 0 saturated heterocycles. The van der Waals surface area contributed by atoms with Crippen LogP contribution >= 0.6 is 0 Å². The van der Waals surface area contributed by atoms with Crippen molar-refractivity contribution in [3.63, 3.8) is 0 Å². The SMILES string of the molecule is COc1ccc(C(=O)NC(C)C2CC3CCC2C3)cc1S(=O)(=O)NC1CC1. The lowest BCUT2D eigenvalue weighted by molar-refractivity contribution is 0.0915. The number of carbonyl (C=O) groups is 1. The van der Waals surface area contributed by atoms with Crippen LogP contribution in [-0.4, -0.2) is 33.5 Å². The van der Waals surface area contributed by atoms with Crippen LogP contribution in [0, 0.1) is 17.8 Å². The molecule has 148 valence electrons. The molecule has 2 N–H and O–H groups in total. The molecule has 1 aromatic carbocycles. The van der Waals surface area contributed by atoms with Crippen molar-refractivity contribution in [1.29, 1.82) is 0 Å². The normalized spacial score (nSPS) is 28.1. The third-order valence-corrected chi connectivity index (χ3v) is 7.95. The van der Waals surface area contributed by atoms with Crippen LogP contribution in [0.15, 0.2) is 23.1 Å². The summed E-state index contributed by atoms with van der Waals surface area (Å²) >= 11 is 0. The van der Waals surface area contributed by atoms with Gasteiger partial charge in [0.2, 0.25) is 10.0 Å². The quantitative estimate of drug-likeness (QED) is 0.747. The first-order chi connectivity index (χ1) is 12.9. The lowest BCUT2D eigenvalue weighted by Gasteiger charge is -2.28. The van der Waals surface area contributed by atoms with E-state index in [1.165, 1.54) is 38.9 Å². The zero-order chi connectivity index (χ0) is 19.2. The Labute approximate surface area is 161 Å². The molecule has 1 amide bonds. The maximum atomic E-state index is 12.8. The van der Waals surface area contributed by atoms with E-state index >= 15 is 0 Å². The van der Waals surface area contributed by atoms with Crippen LogP contribution in [0.25, 0.3) is 0 Å². The predicted octanol–water partition coefficient (Wildman–Crippen LogP) is 2.69. The highest BCUT2D eigenvalue weighted by Gasteiger charge is 2.42. The van der Waals surface area contributed by atoms with Gasteiger partial charge in [-0.1, -0.05) is 6.42 Å². The van der Waals surface area contributed by atoms with Gasteiger partial charge in [-0.15, -0.1) is 0 Å². The Morgan fingerprint density at radius 2 is 1.96 bits per heavy atom. The number of fused-ring (bicyclic) bond motifs is 2. The van der Waals surface area contributed by atoms with Crippen molar-refractivity contribution in [2.75, 3.05) is 7.11 Å². The Morgan fingerprint density at radius 1 is 1.19 bits per heavy atom. The molecule has 4 unspecified atom stereocenters. The summed E-state index contributed by atoms with van der Waals surface area (Å²) in [5.41, 5.74) is 0.349. The molecule has 0 heterocycles. The number of amides is 1. The van der Waals surface area contributed by atoms with Crippen LogP contribution in [0.4, 0.5) is 0 Å². The summed E-state index contributed by atoms with van der Waals surface area (Å²) in [4.78, 5) is 12.8. The summed E-state index contributed by atoms with van der Waals surface area (Å²) in [5, 5.41) is 3.10. The van der Waals surface area contributed by atoms with E-state index in [4.69, 9.17) is 4.74 Å². The van der Waals surface area contributed by atoms with E-state index < -0.39 is 10.0 Å². The van der Waals surface area contributed by atoms with Gasteiger partial charge in [-0.25, -0.2) is 13.1 Å².